The van der Waals surface area contributed by atoms with Crippen molar-refractivity contribution in [2.75, 3.05) is 5.32 Å². The number of anilines is 1. The monoisotopic (exact) mass is 181 g/mol. The van der Waals surface area contributed by atoms with Gasteiger partial charge in [-0.1, -0.05) is 13.3 Å². The number of rotatable bonds is 3. The first-order chi connectivity index (χ1) is 6.29. The molecule has 4 heteroatoms. The van der Waals surface area contributed by atoms with Gasteiger partial charge in [-0.15, -0.1) is 0 Å². The molecule has 3 nitrogen and oxygen atoms in total. The van der Waals surface area contributed by atoms with E-state index in [2.05, 4.69) is 22.2 Å². The van der Waals surface area contributed by atoms with Gasteiger partial charge in [0.1, 0.15) is 12.1 Å². The molecule has 1 aromatic heterocycles. The van der Waals surface area contributed by atoms with Crippen molar-refractivity contribution in [3.05, 3.63) is 18.3 Å². The van der Waals surface area contributed by atoms with Crippen LogP contribution in [0.25, 0.3) is 0 Å². The van der Waals surface area contributed by atoms with Gasteiger partial charge in [-0.3, -0.25) is 0 Å². The van der Waals surface area contributed by atoms with Crippen LogP contribution < -0.4 is 5.32 Å². The van der Waals surface area contributed by atoms with Gasteiger partial charge in [0.15, 0.2) is 0 Å². The molecule has 0 saturated heterocycles. The molecule has 0 aromatic carbocycles. The van der Waals surface area contributed by atoms with Gasteiger partial charge >= 0.3 is 0 Å². The van der Waals surface area contributed by atoms with Crippen LogP contribution in [0.2, 0.25) is 0 Å². The fourth-order valence-corrected chi connectivity index (χ4v) is 1.48. The molecule has 0 radical (unpaired) electrons. The molecule has 1 heterocycles. The van der Waals surface area contributed by atoms with Gasteiger partial charge in [0.25, 0.3) is 0 Å². The van der Waals surface area contributed by atoms with Crippen LogP contribution in [0.15, 0.2) is 12.4 Å². The summed E-state index contributed by atoms with van der Waals surface area (Å²) >= 11 is 0. The first-order valence-corrected chi connectivity index (χ1v) is 4.53. The number of aromatic nitrogens is 2. The maximum atomic E-state index is 12.6. The van der Waals surface area contributed by atoms with Crippen LogP contribution in [-0.2, 0) is 0 Å². The van der Waals surface area contributed by atoms with E-state index in [1.807, 2.05) is 0 Å². The van der Waals surface area contributed by atoms with Gasteiger partial charge in [-0.25, -0.2) is 9.97 Å². The largest absolute Gasteiger partial charge is 0.367 e. The average molecular weight is 181 g/mol. The van der Waals surface area contributed by atoms with Gasteiger partial charge < -0.3 is 5.32 Å². The smallest absolute Gasteiger partial charge is 0.217 e. The van der Waals surface area contributed by atoms with E-state index in [1.165, 1.54) is 25.2 Å². The number of nitrogens with zero attached hydrogens (tertiary/aromatic N) is 2. The predicted octanol–water partition coefficient (Wildman–Crippen LogP) is 1.83. The van der Waals surface area contributed by atoms with Crippen molar-refractivity contribution in [3.8, 4) is 0 Å². The topological polar surface area (TPSA) is 37.8 Å². The third-order valence-corrected chi connectivity index (χ3v) is 2.41. The number of hydrogen-bond acceptors (Lipinski definition) is 3. The van der Waals surface area contributed by atoms with E-state index in [9.17, 15) is 4.39 Å². The molecule has 0 amide bonds. The molecule has 1 aliphatic rings. The molecule has 1 aromatic rings. The Balaban J connectivity index is 1.95. The van der Waals surface area contributed by atoms with Crippen LogP contribution in [-0.4, -0.2) is 16.0 Å². The van der Waals surface area contributed by atoms with Crippen LogP contribution in [0, 0.1) is 11.9 Å². The number of halogens is 1. The van der Waals surface area contributed by atoms with Crippen molar-refractivity contribution in [1.29, 1.82) is 0 Å². The van der Waals surface area contributed by atoms with Crippen molar-refractivity contribution in [1.82, 2.24) is 9.97 Å². The normalized spacial score (nSPS) is 25.7. The first-order valence-electron chi connectivity index (χ1n) is 4.53. The minimum atomic E-state index is -0.480. The van der Waals surface area contributed by atoms with E-state index >= 15 is 0 Å². The second-order valence-electron chi connectivity index (χ2n) is 3.38. The quantitative estimate of drug-likeness (QED) is 0.723. The van der Waals surface area contributed by atoms with Gasteiger partial charge in [0, 0.05) is 12.1 Å². The molecule has 0 aliphatic heterocycles. The molecular weight excluding hydrogens is 169 g/mol. The molecule has 2 rings (SSSR count). The summed E-state index contributed by atoms with van der Waals surface area (Å²) in [5.74, 6) is 0.845. The molecular formula is C9H12FN3. The number of hydrogen-bond donors (Lipinski definition) is 1. The van der Waals surface area contributed by atoms with Crippen LogP contribution in [0.1, 0.15) is 19.8 Å². The fraction of sp³-hybridized carbons (Fsp3) is 0.556. The zero-order chi connectivity index (χ0) is 9.26. The highest BCUT2D eigenvalue weighted by Crippen LogP contribution is 2.35. The van der Waals surface area contributed by atoms with Crippen molar-refractivity contribution >= 4 is 5.82 Å². The zero-order valence-corrected chi connectivity index (χ0v) is 7.50. The highest BCUT2D eigenvalue weighted by atomic mass is 19.1. The molecule has 1 saturated carbocycles. The minimum absolute atomic E-state index is 0.480. The lowest BCUT2D eigenvalue weighted by molar-refractivity contribution is 0.580. The summed E-state index contributed by atoms with van der Waals surface area (Å²) in [4.78, 5) is 7.32. The minimum Gasteiger partial charge on any atom is -0.367 e. The molecule has 1 aliphatic carbocycles. The Morgan fingerprint density at radius 1 is 1.62 bits per heavy atom. The maximum Gasteiger partial charge on any atom is 0.217 e. The van der Waals surface area contributed by atoms with E-state index in [4.69, 9.17) is 0 Å². The second kappa shape index (κ2) is 3.28. The van der Waals surface area contributed by atoms with Crippen LogP contribution >= 0.6 is 0 Å². The van der Waals surface area contributed by atoms with Crippen LogP contribution in [0.4, 0.5) is 10.2 Å². The second-order valence-corrected chi connectivity index (χ2v) is 3.38. The Morgan fingerprint density at radius 2 is 2.46 bits per heavy atom. The Hall–Kier alpha value is -1.19. The number of nitrogens with one attached hydrogen (secondary N) is 1. The lowest BCUT2D eigenvalue weighted by Crippen LogP contribution is -2.06. The molecule has 2 atom stereocenters. The highest BCUT2D eigenvalue weighted by molar-refractivity contribution is 5.35. The zero-order valence-electron chi connectivity index (χ0n) is 7.50. The van der Waals surface area contributed by atoms with E-state index in [0.717, 1.165) is 5.92 Å². The Morgan fingerprint density at radius 3 is 3.08 bits per heavy atom. The van der Waals surface area contributed by atoms with E-state index in [0.29, 0.717) is 11.9 Å². The van der Waals surface area contributed by atoms with Gasteiger partial charge in [0.2, 0.25) is 5.95 Å². The molecule has 13 heavy (non-hydrogen) atoms. The maximum absolute atomic E-state index is 12.6. The van der Waals surface area contributed by atoms with E-state index in [1.54, 1.807) is 0 Å². The van der Waals surface area contributed by atoms with Gasteiger partial charge in [0.05, 0.1) is 0 Å². The third-order valence-electron chi connectivity index (χ3n) is 2.41. The van der Waals surface area contributed by atoms with E-state index < -0.39 is 5.95 Å². The molecule has 70 valence electrons. The lowest BCUT2D eigenvalue weighted by atomic mass is 10.3. The first kappa shape index (κ1) is 8.41. The lowest BCUT2D eigenvalue weighted by Gasteiger charge is -2.02. The Labute approximate surface area is 76.4 Å². The van der Waals surface area contributed by atoms with Crippen molar-refractivity contribution in [3.63, 3.8) is 0 Å². The van der Waals surface area contributed by atoms with Crippen molar-refractivity contribution < 1.29 is 4.39 Å². The summed E-state index contributed by atoms with van der Waals surface area (Å²) in [5.41, 5.74) is 0. The summed E-state index contributed by atoms with van der Waals surface area (Å²) in [6.07, 6.45) is 3.58. The summed E-state index contributed by atoms with van der Waals surface area (Å²) < 4.78 is 12.6. The SMILES string of the molecule is CC[C@@H]1C[C@H]1Nc1cc(F)ncn1. The van der Waals surface area contributed by atoms with Gasteiger partial charge in [-0.05, 0) is 12.3 Å². The molecule has 1 N–H and O–H groups in total. The summed E-state index contributed by atoms with van der Waals surface area (Å²) in [6.45, 7) is 2.16. The summed E-state index contributed by atoms with van der Waals surface area (Å²) in [7, 11) is 0. The van der Waals surface area contributed by atoms with Gasteiger partial charge in [-0.2, -0.15) is 4.39 Å². The summed E-state index contributed by atoms with van der Waals surface area (Å²) in [6, 6.07) is 1.81. The van der Waals surface area contributed by atoms with Crippen molar-refractivity contribution in [2.45, 2.75) is 25.8 Å². The molecule has 0 spiro atoms. The predicted molar refractivity (Wildman–Crippen MR) is 47.8 cm³/mol. The molecule has 0 unspecified atom stereocenters. The van der Waals surface area contributed by atoms with E-state index in [-0.39, 0.29) is 0 Å². The summed E-state index contributed by atoms with van der Waals surface area (Å²) in [5, 5.41) is 3.17. The Bertz CT molecular complexity index is 303. The molecule has 0 bridgehead atoms. The van der Waals surface area contributed by atoms with Crippen LogP contribution in [0.5, 0.6) is 0 Å². The standard InChI is InChI=1S/C9H12FN3/c1-2-6-3-7(6)13-9-4-8(10)11-5-12-9/h4-7H,2-3H2,1H3,(H,11,12,13)/t6-,7-/m1/s1. The average Bonchev–Trinajstić information content (AvgIpc) is 2.83. The third kappa shape index (κ3) is 1.94. The van der Waals surface area contributed by atoms with Crippen molar-refractivity contribution in [2.24, 2.45) is 5.92 Å². The molecule has 1 fully saturated rings. The van der Waals surface area contributed by atoms with Crippen LogP contribution in [0.3, 0.4) is 0 Å². The fourth-order valence-electron chi connectivity index (χ4n) is 1.48. The highest BCUT2D eigenvalue weighted by Gasteiger charge is 2.35. The Kier molecular flexibility index (Phi) is 2.12.